The molecular formula is C18H23ClN4O2S. The molecule has 8 heteroatoms. The summed E-state index contributed by atoms with van der Waals surface area (Å²) < 4.78 is 0. The van der Waals surface area contributed by atoms with Crippen molar-refractivity contribution in [3.05, 3.63) is 46.6 Å². The molecule has 1 heterocycles. The minimum Gasteiger partial charge on any atom is -0.357 e. The third kappa shape index (κ3) is 5.86. The molecule has 0 spiro atoms. The number of nitrogens with one attached hydrogen (secondary N) is 1. The minimum absolute atomic E-state index is 0.256. The van der Waals surface area contributed by atoms with Crippen molar-refractivity contribution >= 4 is 35.1 Å². The van der Waals surface area contributed by atoms with Gasteiger partial charge in [0.2, 0.25) is 0 Å². The number of hydrogen-bond acceptors (Lipinski definition) is 6. The van der Waals surface area contributed by atoms with Crippen LogP contribution in [0, 0.1) is 0 Å². The van der Waals surface area contributed by atoms with Crippen molar-refractivity contribution in [3.8, 4) is 0 Å². The Hall–Kier alpha value is -1.83. The van der Waals surface area contributed by atoms with E-state index in [0.29, 0.717) is 28.2 Å². The molecule has 0 aliphatic heterocycles. The second kappa shape index (κ2) is 10.4. The number of anilines is 1. The van der Waals surface area contributed by atoms with Gasteiger partial charge in [0.15, 0.2) is 5.16 Å². The number of rotatable bonds is 9. The summed E-state index contributed by atoms with van der Waals surface area (Å²) in [6.07, 6.45) is 0. The topological polar surface area (TPSA) is 67.3 Å². The molecule has 0 radical (unpaired) electrons. The number of amides is 1. The van der Waals surface area contributed by atoms with Crippen molar-refractivity contribution in [1.29, 1.82) is 0 Å². The quantitative estimate of drug-likeness (QED) is 0.300. The van der Waals surface area contributed by atoms with Gasteiger partial charge in [0.05, 0.1) is 6.61 Å². The van der Waals surface area contributed by atoms with Crippen LogP contribution in [0.4, 0.5) is 5.82 Å². The highest BCUT2D eigenvalue weighted by Gasteiger charge is 2.10. The maximum atomic E-state index is 11.8. The molecule has 6 nitrogen and oxygen atoms in total. The fraction of sp³-hybridized carbons (Fsp3) is 0.389. The van der Waals surface area contributed by atoms with Crippen LogP contribution in [0.5, 0.6) is 0 Å². The van der Waals surface area contributed by atoms with E-state index in [1.165, 1.54) is 11.8 Å². The third-order valence-corrected chi connectivity index (χ3v) is 4.75. The van der Waals surface area contributed by atoms with E-state index >= 15 is 0 Å². The fourth-order valence-corrected chi connectivity index (χ4v) is 3.29. The molecule has 0 aliphatic carbocycles. The van der Waals surface area contributed by atoms with Gasteiger partial charge in [-0.05, 0) is 38.5 Å². The van der Waals surface area contributed by atoms with Crippen molar-refractivity contribution in [2.24, 2.45) is 0 Å². The van der Waals surface area contributed by atoms with Gasteiger partial charge in [-0.2, -0.15) is 0 Å². The SMILES string of the molecule is CCONC(=O)c1ccc(CSc2nc(Cl)cc(N(CC)CC)n2)cc1. The number of carbonyl (C=O) groups excluding carboxylic acids is 1. The molecule has 0 bridgehead atoms. The Morgan fingerprint density at radius 1 is 1.19 bits per heavy atom. The van der Waals surface area contributed by atoms with Crippen LogP contribution in [0.2, 0.25) is 5.15 Å². The smallest absolute Gasteiger partial charge is 0.274 e. The molecule has 0 saturated heterocycles. The summed E-state index contributed by atoms with van der Waals surface area (Å²) in [4.78, 5) is 27.7. The van der Waals surface area contributed by atoms with Crippen molar-refractivity contribution in [2.45, 2.75) is 31.7 Å². The van der Waals surface area contributed by atoms with Crippen LogP contribution in [-0.4, -0.2) is 35.6 Å². The number of halogens is 1. The Balaban J connectivity index is 2.01. The lowest BCUT2D eigenvalue weighted by Crippen LogP contribution is -2.23. The molecule has 0 fully saturated rings. The van der Waals surface area contributed by atoms with Crippen LogP contribution in [0.1, 0.15) is 36.7 Å². The molecule has 1 amide bonds. The van der Waals surface area contributed by atoms with Gasteiger partial charge in [0.25, 0.3) is 5.91 Å². The Morgan fingerprint density at radius 3 is 2.50 bits per heavy atom. The molecule has 1 N–H and O–H groups in total. The number of hydrogen-bond donors (Lipinski definition) is 1. The number of hydroxylamine groups is 1. The van der Waals surface area contributed by atoms with Crippen LogP contribution in [0.25, 0.3) is 0 Å². The molecule has 1 aromatic heterocycles. The summed E-state index contributed by atoms with van der Waals surface area (Å²) in [5.74, 6) is 1.26. The number of thioether (sulfide) groups is 1. The summed E-state index contributed by atoms with van der Waals surface area (Å²) in [5, 5.41) is 1.07. The summed E-state index contributed by atoms with van der Waals surface area (Å²) in [6, 6.07) is 9.13. The lowest BCUT2D eigenvalue weighted by molar-refractivity contribution is 0.0364. The normalized spacial score (nSPS) is 10.6. The van der Waals surface area contributed by atoms with E-state index < -0.39 is 0 Å². The first-order valence-electron chi connectivity index (χ1n) is 8.50. The predicted molar refractivity (Wildman–Crippen MR) is 106 cm³/mol. The van der Waals surface area contributed by atoms with Crippen LogP contribution in [-0.2, 0) is 10.6 Å². The standard InChI is InChI=1S/C18H23ClN4O2S/c1-4-23(5-2)16-11-15(19)20-18(21-16)26-12-13-7-9-14(10-8-13)17(24)22-25-6-3/h7-11H,4-6,12H2,1-3H3,(H,22,24). The zero-order valence-corrected chi connectivity index (χ0v) is 16.7. The molecule has 0 unspecified atom stereocenters. The van der Waals surface area contributed by atoms with Gasteiger partial charge in [-0.15, -0.1) is 0 Å². The van der Waals surface area contributed by atoms with E-state index in [1.54, 1.807) is 18.2 Å². The molecule has 26 heavy (non-hydrogen) atoms. The number of nitrogens with zero attached hydrogens (tertiary/aromatic N) is 3. The van der Waals surface area contributed by atoms with E-state index in [9.17, 15) is 4.79 Å². The first-order valence-corrected chi connectivity index (χ1v) is 9.87. The lowest BCUT2D eigenvalue weighted by Gasteiger charge is -2.20. The van der Waals surface area contributed by atoms with E-state index in [1.807, 2.05) is 19.1 Å². The van der Waals surface area contributed by atoms with Gasteiger partial charge in [0, 0.05) is 30.5 Å². The molecule has 2 rings (SSSR count). The predicted octanol–water partition coefficient (Wildman–Crippen LogP) is 3.95. The van der Waals surface area contributed by atoms with Gasteiger partial charge >= 0.3 is 0 Å². The number of aromatic nitrogens is 2. The first kappa shape index (κ1) is 20.5. The van der Waals surface area contributed by atoms with Gasteiger partial charge < -0.3 is 4.90 Å². The van der Waals surface area contributed by atoms with Gasteiger partial charge in [-0.25, -0.2) is 15.4 Å². The fourth-order valence-electron chi connectivity index (χ4n) is 2.26. The van der Waals surface area contributed by atoms with Gasteiger partial charge in [0.1, 0.15) is 11.0 Å². The van der Waals surface area contributed by atoms with Crippen molar-refractivity contribution in [1.82, 2.24) is 15.4 Å². The summed E-state index contributed by atoms with van der Waals surface area (Å²) in [7, 11) is 0. The number of benzene rings is 1. The van der Waals surface area contributed by atoms with Crippen LogP contribution >= 0.6 is 23.4 Å². The lowest BCUT2D eigenvalue weighted by atomic mass is 10.1. The maximum Gasteiger partial charge on any atom is 0.274 e. The van der Waals surface area contributed by atoms with Crippen molar-refractivity contribution < 1.29 is 9.63 Å². The highest BCUT2D eigenvalue weighted by molar-refractivity contribution is 7.98. The maximum absolute atomic E-state index is 11.8. The largest absolute Gasteiger partial charge is 0.357 e. The zero-order valence-electron chi connectivity index (χ0n) is 15.2. The minimum atomic E-state index is -0.256. The van der Waals surface area contributed by atoms with E-state index in [2.05, 4.69) is 34.2 Å². The second-order valence-corrected chi connectivity index (χ2v) is 6.68. The third-order valence-electron chi connectivity index (χ3n) is 3.64. The van der Waals surface area contributed by atoms with Gasteiger partial charge in [-0.3, -0.25) is 9.63 Å². The highest BCUT2D eigenvalue weighted by atomic mass is 35.5. The summed E-state index contributed by atoms with van der Waals surface area (Å²) in [6.45, 7) is 8.11. The Morgan fingerprint density at radius 2 is 1.88 bits per heavy atom. The van der Waals surface area contributed by atoms with Crippen molar-refractivity contribution in [2.75, 3.05) is 24.6 Å². The Labute approximate surface area is 163 Å². The zero-order chi connectivity index (χ0) is 18.9. The molecule has 0 saturated carbocycles. The molecule has 140 valence electrons. The Kier molecular flexibility index (Phi) is 8.15. The molecule has 0 aliphatic rings. The van der Waals surface area contributed by atoms with Crippen LogP contribution in [0.15, 0.2) is 35.5 Å². The Bertz CT molecular complexity index is 724. The average molecular weight is 395 g/mol. The first-order chi connectivity index (χ1) is 12.6. The highest BCUT2D eigenvalue weighted by Crippen LogP contribution is 2.24. The van der Waals surface area contributed by atoms with Crippen molar-refractivity contribution in [3.63, 3.8) is 0 Å². The summed E-state index contributed by atoms with van der Waals surface area (Å²) >= 11 is 7.65. The van der Waals surface area contributed by atoms with Crippen LogP contribution in [0.3, 0.4) is 0 Å². The van der Waals surface area contributed by atoms with E-state index in [-0.39, 0.29) is 5.91 Å². The summed E-state index contributed by atoms with van der Waals surface area (Å²) in [5.41, 5.74) is 3.99. The number of carbonyl (C=O) groups is 1. The van der Waals surface area contributed by atoms with Crippen LogP contribution < -0.4 is 10.4 Å². The molecule has 1 aromatic carbocycles. The molecule has 0 atom stereocenters. The average Bonchev–Trinajstić information content (AvgIpc) is 2.65. The monoisotopic (exact) mass is 394 g/mol. The molecule has 2 aromatic rings. The van der Waals surface area contributed by atoms with E-state index in [0.717, 1.165) is 24.5 Å². The van der Waals surface area contributed by atoms with Gasteiger partial charge in [-0.1, -0.05) is 35.5 Å². The molecular weight excluding hydrogens is 372 g/mol. The second-order valence-electron chi connectivity index (χ2n) is 5.35. The van der Waals surface area contributed by atoms with E-state index in [4.69, 9.17) is 16.4 Å².